The maximum absolute atomic E-state index is 13.0. The summed E-state index contributed by atoms with van der Waals surface area (Å²) in [6.45, 7) is 1.19. The Morgan fingerprint density at radius 1 is 1.15 bits per heavy atom. The standard InChI is InChI=1S/C15H23F2NOS/c1-20-9-5-3-2-4-8-18-11-15(19)12-6-7-13(16)14(17)10-12/h6-7,10,15,18-19H,2-5,8-9,11H2,1H3. The van der Waals surface area contributed by atoms with Gasteiger partial charge in [-0.25, -0.2) is 8.78 Å². The smallest absolute Gasteiger partial charge is 0.159 e. The van der Waals surface area contributed by atoms with Crippen molar-refractivity contribution in [2.24, 2.45) is 0 Å². The number of nitrogens with one attached hydrogen (secondary N) is 1. The molecule has 0 aliphatic carbocycles. The molecule has 0 bridgehead atoms. The number of unbranched alkanes of at least 4 members (excludes halogenated alkanes) is 3. The van der Waals surface area contributed by atoms with Gasteiger partial charge in [0.05, 0.1) is 6.10 Å². The third-order valence-electron chi connectivity index (χ3n) is 3.12. The van der Waals surface area contributed by atoms with Gasteiger partial charge in [-0.1, -0.05) is 18.9 Å². The fraction of sp³-hybridized carbons (Fsp3) is 0.600. The number of benzene rings is 1. The molecule has 0 aliphatic rings. The van der Waals surface area contributed by atoms with E-state index in [0.717, 1.165) is 25.1 Å². The lowest BCUT2D eigenvalue weighted by molar-refractivity contribution is 0.174. The van der Waals surface area contributed by atoms with Crippen LogP contribution < -0.4 is 5.32 Å². The van der Waals surface area contributed by atoms with Crippen LogP contribution in [0.3, 0.4) is 0 Å². The Labute approximate surface area is 124 Å². The molecule has 0 aromatic heterocycles. The number of halogens is 2. The molecule has 1 aromatic rings. The van der Waals surface area contributed by atoms with Crippen LogP contribution in [0.1, 0.15) is 37.4 Å². The van der Waals surface area contributed by atoms with Crippen molar-refractivity contribution in [3.8, 4) is 0 Å². The lowest BCUT2D eigenvalue weighted by Gasteiger charge is -2.12. The molecule has 0 fully saturated rings. The Hall–Kier alpha value is -0.650. The molecule has 0 aliphatic heterocycles. The summed E-state index contributed by atoms with van der Waals surface area (Å²) >= 11 is 1.87. The molecule has 114 valence electrons. The van der Waals surface area contributed by atoms with Gasteiger partial charge in [-0.15, -0.1) is 0 Å². The normalized spacial score (nSPS) is 12.6. The van der Waals surface area contributed by atoms with Gasteiger partial charge in [-0.05, 0) is 49.1 Å². The lowest BCUT2D eigenvalue weighted by Crippen LogP contribution is -2.22. The van der Waals surface area contributed by atoms with E-state index in [1.54, 1.807) is 0 Å². The minimum Gasteiger partial charge on any atom is -0.387 e. The first-order valence-electron chi connectivity index (χ1n) is 6.98. The Bertz CT molecular complexity index is 390. The summed E-state index contributed by atoms with van der Waals surface area (Å²) < 4.78 is 25.8. The highest BCUT2D eigenvalue weighted by Crippen LogP contribution is 2.15. The monoisotopic (exact) mass is 303 g/mol. The second-order valence-corrected chi connectivity index (χ2v) is 5.79. The molecular formula is C15H23F2NOS. The molecule has 20 heavy (non-hydrogen) atoms. The lowest BCUT2D eigenvalue weighted by atomic mass is 10.1. The SMILES string of the molecule is CSCCCCCCNCC(O)c1ccc(F)c(F)c1. The average molecular weight is 303 g/mol. The van der Waals surface area contributed by atoms with Gasteiger partial charge in [0.15, 0.2) is 11.6 Å². The molecule has 2 nitrogen and oxygen atoms in total. The minimum atomic E-state index is -0.921. The van der Waals surface area contributed by atoms with E-state index in [0.29, 0.717) is 12.1 Å². The van der Waals surface area contributed by atoms with E-state index in [4.69, 9.17) is 0 Å². The maximum atomic E-state index is 13.0. The van der Waals surface area contributed by atoms with Crippen molar-refractivity contribution in [3.63, 3.8) is 0 Å². The Balaban J connectivity index is 2.13. The zero-order chi connectivity index (χ0) is 14.8. The van der Waals surface area contributed by atoms with E-state index in [1.807, 2.05) is 11.8 Å². The largest absolute Gasteiger partial charge is 0.387 e. The van der Waals surface area contributed by atoms with E-state index >= 15 is 0 Å². The zero-order valence-electron chi connectivity index (χ0n) is 11.9. The van der Waals surface area contributed by atoms with Gasteiger partial charge in [-0.3, -0.25) is 0 Å². The molecule has 0 saturated carbocycles. The molecule has 0 spiro atoms. The average Bonchev–Trinajstić information content (AvgIpc) is 2.44. The maximum Gasteiger partial charge on any atom is 0.159 e. The van der Waals surface area contributed by atoms with Crippen LogP contribution in [0.15, 0.2) is 18.2 Å². The summed E-state index contributed by atoms with van der Waals surface area (Å²) in [6, 6.07) is 3.50. The van der Waals surface area contributed by atoms with Crippen LogP contribution in [0.4, 0.5) is 8.78 Å². The van der Waals surface area contributed by atoms with Crippen molar-refractivity contribution in [2.45, 2.75) is 31.8 Å². The summed E-state index contributed by atoms with van der Waals surface area (Å²) in [7, 11) is 0. The van der Waals surface area contributed by atoms with Crippen LogP contribution in [0.25, 0.3) is 0 Å². The summed E-state index contributed by atoms with van der Waals surface area (Å²) in [4.78, 5) is 0. The predicted octanol–water partition coefficient (Wildman–Crippen LogP) is 3.51. The molecule has 0 radical (unpaired) electrons. The number of aliphatic hydroxyl groups excluding tert-OH is 1. The Kier molecular flexibility index (Phi) is 8.82. The quantitative estimate of drug-likeness (QED) is 0.649. The van der Waals surface area contributed by atoms with Gasteiger partial charge in [0.2, 0.25) is 0 Å². The van der Waals surface area contributed by atoms with Crippen LogP contribution in [0, 0.1) is 11.6 Å². The van der Waals surface area contributed by atoms with Gasteiger partial charge in [0, 0.05) is 6.54 Å². The molecule has 0 amide bonds. The summed E-state index contributed by atoms with van der Waals surface area (Å²) in [5.41, 5.74) is 0.399. The van der Waals surface area contributed by atoms with Crippen molar-refractivity contribution < 1.29 is 13.9 Å². The zero-order valence-corrected chi connectivity index (χ0v) is 12.7. The Morgan fingerprint density at radius 3 is 2.60 bits per heavy atom. The van der Waals surface area contributed by atoms with Gasteiger partial charge >= 0.3 is 0 Å². The van der Waals surface area contributed by atoms with Crippen LogP contribution in [-0.2, 0) is 0 Å². The first-order valence-corrected chi connectivity index (χ1v) is 8.37. The van der Waals surface area contributed by atoms with E-state index in [9.17, 15) is 13.9 Å². The number of hydrogen-bond acceptors (Lipinski definition) is 3. The molecule has 0 heterocycles. The molecule has 2 N–H and O–H groups in total. The second-order valence-electron chi connectivity index (χ2n) is 4.80. The van der Waals surface area contributed by atoms with Crippen LogP contribution in [0.5, 0.6) is 0 Å². The number of rotatable bonds is 10. The minimum absolute atomic E-state index is 0.357. The predicted molar refractivity (Wildman–Crippen MR) is 81.0 cm³/mol. The van der Waals surface area contributed by atoms with E-state index in [2.05, 4.69) is 11.6 Å². The second kappa shape index (κ2) is 10.1. The summed E-state index contributed by atoms with van der Waals surface area (Å²) in [5.74, 6) is -0.600. The van der Waals surface area contributed by atoms with Gasteiger partial charge in [0.25, 0.3) is 0 Å². The van der Waals surface area contributed by atoms with Crippen LogP contribution in [-0.4, -0.2) is 30.2 Å². The molecular weight excluding hydrogens is 280 g/mol. The first kappa shape index (κ1) is 17.4. The number of aliphatic hydroxyl groups is 1. The molecule has 1 unspecified atom stereocenters. The van der Waals surface area contributed by atoms with Crippen molar-refractivity contribution in [3.05, 3.63) is 35.4 Å². The number of hydrogen-bond donors (Lipinski definition) is 2. The Morgan fingerprint density at radius 2 is 1.90 bits per heavy atom. The first-order chi connectivity index (χ1) is 9.65. The highest BCUT2D eigenvalue weighted by molar-refractivity contribution is 7.98. The van der Waals surface area contributed by atoms with Crippen molar-refractivity contribution in [1.82, 2.24) is 5.32 Å². The molecule has 5 heteroatoms. The van der Waals surface area contributed by atoms with Crippen molar-refractivity contribution >= 4 is 11.8 Å². The molecule has 0 saturated heterocycles. The molecule has 1 rings (SSSR count). The van der Waals surface area contributed by atoms with Gasteiger partial charge in [-0.2, -0.15) is 11.8 Å². The number of thioether (sulfide) groups is 1. The van der Waals surface area contributed by atoms with E-state index in [-0.39, 0.29) is 0 Å². The third kappa shape index (κ3) is 6.68. The topological polar surface area (TPSA) is 32.3 Å². The summed E-state index contributed by atoms with van der Waals surface area (Å²) in [5, 5.41) is 13.0. The molecule has 1 aromatic carbocycles. The summed E-state index contributed by atoms with van der Waals surface area (Å²) in [6.07, 6.45) is 6.03. The van der Waals surface area contributed by atoms with Crippen LogP contribution >= 0.6 is 11.8 Å². The van der Waals surface area contributed by atoms with Gasteiger partial charge in [0.1, 0.15) is 0 Å². The van der Waals surface area contributed by atoms with Crippen molar-refractivity contribution in [2.75, 3.05) is 25.1 Å². The van der Waals surface area contributed by atoms with Gasteiger partial charge < -0.3 is 10.4 Å². The highest BCUT2D eigenvalue weighted by atomic mass is 32.2. The molecule has 1 atom stereocenters. The van der Waals surface area contributed by atoms with Crippen molar-refractivity contribution in [1.29, 1.82) is 0 Å². The fourth-order valence-electron chi connectivity index (χ4n) is 1.93. The van der Waals surface area contributed by atoms with E-state index in [1.165, 1.54) is 31.1 Å². The van der Waals surface area contributed by atoms with E-state index < -0.39 is 17.7 Å². The van der Waals surface area contributed by atoms with Crippen LogP contribution in [0.2, 0.25) is 0 Å². The fourth-order valence-corrected chi connectivity index (χ4v) is 2.42. The highest BCUT2D eigenvalue weighted by Gasteiger charge is 2.10. The third-order valence-corrected chi connectivity index (χ3v) is 3.82.